The Kier molecular flexibility index (Phi) is 6.58. The molecule has 27 heavy (non-hydrogen) atoms. The maximum atomic E-state index is 12.3. The lowest BCUT2D eigenvalue weighted by atomic mass is 10.1. The molecule has 1 N–H and O–H groups in total. The van der Waals surface area contributed by atoms with Crippen LogP contribution in [0.3, 0.4) is 0 Å². The molecule has 2 aromatic rings. The van der Waals surface area contributed by atoms with E-state index in [1.165, 1.54) is 24.9 Å². The summed E-state index contributed by atoms with van der Waals surface area (Å²) < 4.78 is 10.9. The fourth-order valence-corrected chi connectivity index (χ4v) is 3.24. The van der Waals surface area contributed by atoms with E-state index in [-0.39, 0.29) is 5.91 Å². The van der Waals surface area contributed by atoms with E-state index in [1.807, 2.05) is 18.2 Å². The second-order valence-electron chi connectivity index (χ2n) is 6.87. The fraction of sp³-hybridized carbons (Fsp3) is 0.409. The van der Waals surface area contributed by atoms with Crippen LogP contribution in [0.15, 0.2) is 48.5 Å². The summed E-state index contributed by atoms with van der Waals surface area (Å²) in [5.41, 5.74) is 2.34. The number of hydrogen-bond acceptors (Lipinski definition) is 4. The molecule has 5 heteroatoms. The molecule has 1 fully saturated rings. The highest BCUT2D eigenvalue weighted by Gasteiger charge is 2.15. The number of methoxy groups -OCH3 is 1. The highest BCUT2D eigenvalue weighted by molar-refractivity contribution is 5.80. The average molecular weight is 368 g/mol. The van der Waals surface area contributed by atoms with Crippen molar-refractivity contribution in [1.82, 2.24) is 5.32 Å². The quantitative estimate of drug-likeness (QED) is 0.808. The minimum Gasteiger partial charge on any atom is -0.497 e. The molecule has 0 radical (unpaired) electrons. The Bertz CT molecular complexity index is 739. The molecule has 0 saturated carbocycles. The number of amides is 1. The molecule has 1 aliphatic heterocycles. The number of ether oxygens (including phenoxy) is 2. The van der Waals surface area contributed by atoms with Gasteiger partial charge in [0.15, 0.2) is 6.10 Å². The number of anilines is 1. The molecule has 5 nitrogen and oxygen atoms in total. The summed E-state index contributed by atoms with van der Waals surface area (Å²) in [6.07, 6.45) is 3.28. The van der Waals surface area contributed by atoms with E-state index in [0.717, 1.165) is 18.7 Å². The van der Waals surface area contributed by atoms with Crippen molar-refractivity contribution >= 4 is 11.6 Å². The first-order valence-electron chi connectivity index (χ1n) is 9.58. The normalized spacial score (nSPS) is 15.1. The molecule has 3 rings (SSSR count). The molecule has 1 amide bonds. The lowest BCUT2D eigenvalue weighted by Crippen LogP contribution is -2.35. The maximum absolute atomic E-state index is 12.3. The Morgan fingerprint density at radius 1 is 1.07 bits per heavy atom. The van der Waals surface area contributed by atoms with Crippen LogP contribution in [-0.2, 0) is 11.3 Å². The highest BCUT2D eigenvalue weighted by Crippen LogP contribution is 2.21. The van der Waals surface area contributed by atoms with Crippen molar-refractivity contribution in [1.29, 1.82) is 0 Å². The molecular formula is C22H28N2O3. The first-order valence-corrected chi connectivity index (χ1v) is 9.58. The Labute approximate surface area is 161 Å². The molecule has 0 spiro atoms. The molecule has 0 bridgehead atoms. The second-order valence-corrected chi connectivity index (χ2v) is 6.87. The first-order chi connectivity index (χ1) is 13.2. The van der Waals surface area contributed by atoms with Gasteiger partial charge in [-0.05, 0) is 56.0 Å². The van der Waals surface area contributed by atoms with Gasteiger partial charge in [-0.3, -0.25) is 4.79 Å². The van der Waals surface area contributed by atoms with Crippen LogP contribution in [0.2, 0.25) is 0 Å². The number of nitrogens with one attached hydrogen (secondary N) is 1. The van der Waals surface area contributed by atoms with Gasteiger partial charge in [0, 0.05) is 31.4 Å². The summed E-state index contributed by atoms with van der Waals surface area (Å²) in [6, 6.07) is 15.7. The van der Waals surface area contributed by atoms with Gasteiger partial charge in [0.25, 0.3) is 5.91 Å². The topological polar surface area (TPSA) is 50.8 Å². The van der Waals surface area contributed by atoms with Crippen LogP contribution in [0, 0.1) is 0 Å². The van der Waals surface area contributed by atoms with Crippen LogP contribution in [0.25, 0.3) is 0 Å². The van der Waals surface area contributed by atoms with Gasteiger partial charge in [-0.2, -0.15) is 0 Å². The van der Waals surface area contributed by atoms with E-state index in [1.54, 1.807) is 20.1 Å². The van der Waals surface area contributed by atoms with E-state index >= 15 is 0 Å². The van der Waals surface area contributed by atoms with Crippen LogP contribution in [0.5, 0.6) is 11.5 Å². The van der Waals surface area contributed by atoms with Crippen molar-refractivity contribution in [3.05, 3.63) is 54.1 Å². The van der Waals surface area contributed by atoms with Crippen molar-refractivity contribution < 1.29 is 14.3 Å². The molecule has 1 heterocycles. The number of hydrogen-bond donors (Lipinski definition) is 1. The Morgan fingerprint density at radius 3 is 2.48 bits per heavy atom. The number of nitrogens with zero attached hydrogens (tertiary/aromatic N) is 1. The Morgan fingerprint density at radius 2 is 1.78 bits per heavy atom. The van der Waals surface area contributed by atoms with Gasteiger partial charge in [0.1, 0.15) is 11.5 Å². The van der Waals surface area contributed by atoms with E-state index in [4.69, 9.17) is 9.47 Å². The van der Waals surface area contributed by atoms with Crippen LogP contribution in [0.1, 0.15) is 31.7 Å². The minimum absolute atomic E-state index is 0.141. The van der Waals surface area contributed by atoms with Gasteiger partial charge < -0.3 is 19.7 Å². The molecular weight excluding hydrogens is 340 g/mol. The first kappa shape index (κ1) is 19.1. The molecule has 1 atom stereocenters. The Hall–Kier alpha value is -2.69. The van der Waals surface area contributed by atoms with Crippen LogP contribution in [0.4, 0.5) is 5.69 Å². The monoisotopic (exact) mass is 368 g/mol. The minimum atomic E-state index is -0.579. The Balaban J connectivity index is 1.49. The van der Waals surface area contributed by atoms with Crippen LogP contribution >= 0.6 is 0 Å². The predicted molar refractivity (Wildman–Crippen MR) is 107 cm³/mol. The summed E-state index contributed by atoms with van der Waals surface area (Å²) in [6.45, 7) is 4.50. The lowest BCUT2D eigenvalue weighted by molar-refractivity contribution is -0.127. The predicted octanol–water partition coefficient (Wildman–Crippen LogP) is 3.77. The zero-order chi connectivity index (χ0) is 19.1. The average Bonchev–Trinajstić information content (AvgIpc) is 2.73. The van der Waals surface area contributed by atoms with E-state index in [2.05, 4.69) is 34.5 Å². The molecule has 1 saturated heterocycles. The van der Waals surface area contributed by atoms with Gasteiger partial charge in [0.05, 0.1) is 7.11 Å². The number of rotatable bonds is 7. The standard InChI is InChI=1S/C22H28N2O3/c1-17(27-21-8-6-7-20(15-21)26-2)22(25)23-16-18-9-11-19(12-10-18)24-13-4-3-5-14-24/h6-12,15,17H,3-5,13-14,16H2,1-2H3,(H,23,25). The van der Waals surface area contributed by atoms with E-state index in [0.29, 0.717) is 18.0 Å². The summed E-state index contributed by atoms with van der Waals surface area (Å²) >= 11 is 0. The third kappa shape index (κ3) is 5.39. The second kappa shape index (κ2) is 9.31. The molecule has 0 aromatic heterocycles. The third-order valence-corrected chi connectivity index (χ3v) is 4.85. The van der Waals surface area contributed by atoms with E-state index < -0.39 is 6.10 Å². The van der Waals surface area contributed by atoms with Gasteiger partial charge in [-0.25, -0.2) is 0 Å². The van der Waals surface area contributed by atoms with Gasteiger partial charge in [-0.1, -0.05) is 18.2 Å². The van der Waals surface area contributed by atoms with Crippen molar-refractivity contribution in [2.24, 2.45) is 0 Å². The highest BCUT2D eigenvalue weighted by atomic mass is 16.5. The van der Waals surface area contributed by atoms with Crippen LogP contribution in [-0.4, -0.2) is 32.2 Å². The largest absolute Gasteiger partial charge is 0.497 e. The van der Waals surface area contributed by atoms with Crippen LogP contribution < -0.4 is 19.7 Å². The van der Waals surface area contributed by atoms with E-state index in [9.17, 15) is 4.79 Å². The maximum Gasteiger partial charge on any atom is 0.261 e. The SMILES string of the molecule is COc1cccc(OC(C)C(=O)NCc2ccc(N3CCCCC3)cc2)c1. The number of carbonyl (C=O) groups excluding carboxylic acids is 1. The summed E-state index contributed by atoms with van der Waals surface area (Å²) in [4.78, 5) is 14.7. The van der Waals surface area contributed by atoms with Gasteiger partial charge in [-0.15, -0.1) is 0 Å². The van der Waals surface area contributed by atoms with Crippen molar-refractivity contribution in [3.8, 4) is 11.5 Å². The summed E-state index contributed by atoms with van der Waals surface area (Å²) in [5, 5.41) is 2.94. The number of piperidine rings is 1. The van der Waals surface area contributed by atoms with Crippen molar-refractivity contribution in [3.63, 3.8) is 0 Å². The van der Waals surface area contributed by atoms with Crippen molar-refractivity contribution in [2.75, 3.05) is 25.1 Å². The number of carbonyl (C=O) groups is 1. The number of benzene rings is 2. The summed E-state index contributed by atoms with van der Waals surface area (Å²) in [7, 11) is 1.60. The smallest absolute Gasteiger partial charge is 0.261 e. The zero-order valence-corrected chi connectivity index (χ0v) is 16.1. The van der Waals surface area contributed by atoms with Crippen molar-refractivity contribution in [2.45, 2.75) is 38.8 Å². The molecule has 1 unspecified atom stereocenters. The fourth-order valence-electron chi connectivity index (χ4n) is 3.24. The summed E-state index contributed by atoms with van der Waals surface area (Å²) in [5.74, 6) is 1.18. The van der Waals surface area contributed by atoms with Gasteiger partial charge >= 0.3 is 0 Å². The molecule has 0 aliphatic carbocycles. The van der Waals surface area contributed by atoms with Gasteiger partial charge in [0.2, 0.25) is 0 Å². The third-order valence-electron chi connectivity index (χ3n) is 4.85. The molecule has 1 aliphatic rings. The molecule has 144 valence electrons. The molecule has 2 aromatic carbocycles. The lowest BCUT2D eigenvalue weighted by Gasteiger charge is -2.28. The zero-order valence-electron chi connectivity index (χ0n) is 16.1.